The first-order valence-corrected chi connectivity index (χ1v) is 5.18. The Hall–Kier alpha value is -1.33. The minimum absolute atomic E-state index is 0.190. The summed E-state index contributed by atoms with van der Waals surface area (Å²) in [5, 5.41) is 11.9. The number of hydrogen-bond acceptors (Lipinski definition) is 4. The van der Waals surface area contributed by atoms with Gasteiger partial charge in [-0.2, -0.15) is 0 Å². The zero-order valence-electron chi connectivity index (χ0n) is 9.16. The van der Waals surface area contributed by atoms with Gasteiger partial charge in [-0.05, 0) is 6.07 Å². The number of carboxylic acids is 1. The van der Waals surface area contributed by atoms with Crippen LogP contribution in [0.3, 0.4) is 0 Å². The smallest absolute Gasteiger partial charge is 0.338 e. The van der Waals surface area contributed by atoms with Gasteiger partial charge in [-0.3, -0.25) is 0 Å². The summed E-state index contributed by atoms with van der Waals surface area (Å²) in [6.45, 7) is 5.09. The van der Waals surface area contributed by atoms with Crippen LogP contribution in [0.15, 0.2) is 16.7 Å². The quantitative estimate of drug-likeness (QED) is 0.785. The fraction of sp³-hybridized carbons (Fsp3) is 0.545. The first-order chi connectivity index (χ1) is 7.59. The molecule has 5 heteroatoms. The van der Waals surface area contributed by atoms with Gasteiger partial charge in [0.25, 0.3) is 0 Å². The molecule has 1 aromatic rings. The van der Waals surface area contributed by atoms with Crippen molar-refractivity contribution in [3.05, 3.63) is 23.7 Å². The van der Waals surface area contributed by atoms with Gasteiger partial charge in [0, 0.05) is 12.0 Å². The minimum Gasteiger partial charge on any atom is -0.478 e. The first-order valence-electron chi connectivity index (χ1n) is 5.18. The highest BCUT2D eigenvalue weighted by Gasteiger charge is 2.32. The van der Waals surface area contributed by atoms with Crippen LogP contribution in [0, 0.1) is 5.41 Å². The summed E-state index contributed by atoms with van der Waals surface area (Å²) in [7, 11) is 0. The standard InChI is InChI=1S/C11H15NO4/c1-11(6-15-7-11)5-12-3-9-2-8(4-16-9)10(13)14/h2,4,12H,3,5-7H2,1H3,(H,13,14). The lowest BCUT2D eigenvalue weighted by Crippen LogP contribution is -2.47. The van der Waals surface area contributed by atoms with Crippen molar-refractivity contribution in [3.63, 3.8) is 0 Å². The monoisotopic (exact) mass is 225 g/mol. The summed E-state index contributed by atoms with van der Waals surface area (Å²) in [6, 6.07) is 1.54. The molecular weight excluding hydrogens is 210 g/mol. The van der Waals surface area contributed by atoms with Crippen LogP contribution < -0.4 is 5.32 Å². The number of carboxylic acid groups (broad SMARTS) is 1. The lowest BCUT2D eigenvalue weighted by atomic mass is 9.89. The van der Waals surface area contributed by atoms with E-state index >= 15 is 0 Å². The average Bonchev–Trinajstić information content (AvgIpc) is 2.64. The maximum atomic E-state index is 10.6. The second-order valence-electron chi connectivity index (χ2n) is 4.51. The molecule has 0 aliphatic carbocycles. The Kier molecular flexibility index (Phi) is 2.98. The number of rotatable bonds is 5. The Morgan fingerprint density at radius 2 is 2.38 bits per heavy atom. The van der Waals surface area contributed by atoms with E-state index in [1.807, 2.05) is 0 Å². The molecule has 0 spiro atoms. The molecule has 2 N–H and O–H groups in total. The molecule has 1 aliphatic rings. The largest absolute Gasteiger partial charge is 0.478 e. The summed E-state index contributed by atoms with van der Waals surface area (Å²) in [5.41, 5.74) is 0.400. The van der Waals surface area contributed by atoms with Crippen LogP contribution in [0.25, 0.3) is 0 Å². The van der Waals surface area contributed by atoms with Crippen LogP contribution in [0.4, 0.5) is 0 Å². The molecule has 88 valence electrons. The minimum atomic E-state index is -0.964. The molecule has 0 unspecified atom stereocenters. The highest BCUT2D eigenvalue weighted by molar-refractivity contribution is 5.87. The summed E-state index contributed by atoms with van der Waals surface area (Å²) >= 11 is 0. The Morgan fingerprint density at radius 3 is 2.88 bits per heavy atom. The summed E-state index contributed by atoms with van der Waals surface area (Å²) in [6.07, 6.45) is 1.26. The van der Waals surface area contributed by atoms with Crippen LogP contribution in [0.1, 0.15) is 23.0 Å². The fourth-order valence-electron chi connectivity index (χ4n) is 1.63. The van der Waals surface area contributed by atoms with Gasteiger partial charge in [0.15, 0.2) is 0 Å². The molecule has 0 amide bonds. The molecule has 0 aromatic carbocycles. The molecule has 2 rings (SSSR count). The average molecular weight is 225 g/mol. The van der Waals surface area contributed by atoms with Crippen molar-refractivity contribution in [2.75, 3.05) is 19.8 Å². The van der Waals surface area contributed by atoms with Crippen molar-refractivity contribution in [1.29, 1.82) is 0 Å². The molecule has 16 heavy (non-hydrogen) atoms. The van der Waals surface area contributed by atoms with Gasteiger partial charge in [-0.15, -0.1) is 0 Å². The van der Waals surface area contributed by atoms with Crippen LogP contribution >= 0.6 is 0 Å². The molecule has 1 saturated heterocycles. The maximum Gasteiger partial charge on any atom is 0.338 e. The topological polar surface area (TPSA) is 71.7 Å². The maximum absolute atomic E-state index is 10.6. The first kappa shape index (κ1) is 11.2. The van der Waals surface area contributed by atoms with Crippen molar-refractivity contribution in [3.8, 4) is 0 Å². The SMILES string of the molecule is CC1(CNCc2cc(C(=O)O)co2)COC1. The van der Waals surface area contributed by atoms with Crippen molar-refractivity contribution >= 4 is 5.97 Å². The summed E-state index contributed by atoms with van der Waals surface area (Å²) < 4.78 is 10.3. The van der Waals surface area contributed by atoms with E-state index in [9.17, 15) is 4.79 Å². The number of hydrogen-bond donors (Lipinski definition) is 2. The van der Waals surface area contributed by atoms with E-state index in [0.717, 1.165) is 19.8 Å². The van der Waals surface area contributed by atoms with Crippen molar-refractivity contribution in [2.24, 2.45) is 5.41 Å². The van der Waals surface area contributed by atoms with Gasteiger partial charge < -0.3 is 19.6 Å². The second-order valence-corrected chi connectivity index (χ2v) is 4.51. The summed E-state index contributed by atoms with van der Waals surface area (Å²) in [4.78, 5) is 10.6. The number of carbonyl (C=O) groups is 1. The van der Waals surface area contributed by atoms with E-state index in [2.05, 4.69) is 12.2 Å². The lowest BCUT2D eigenvalue weighted by Gasteiger charge is -2.38. The molecular formula is C11H15NO4. The van der Waals surface area contributed by atoms with Crippen LogP contribution in [-0.4, -0.2) is 30.8 Å². The Labute approximate surface area is 93.4 Å². The van der Waals surface area contributed by atoms with Crippen molar-refractivity contribution in [1.82, 2.24) is 5.32 Å². The van der Waals surface area contributed by atoms with Crippen LogP contribution in [0.5, 0.6) is 0 Å². The Balaban J connectivity index is 1.78. The van der Waals surface area contributed by atoms with Crippen molar-refractivity contribution in [2.45, 2.75) is 13.5 Å². The predicted molar refractivity (Wildman–Crippen MR) is 56.3 cm³/mol. The third-order valence-corrected chi connectivity index (χ3v) is 2.65. The van der Waals surface area contributed by atoms with Gasteiger partial charge in [-0.1, -0.05) is 6.92 Å². The number of aromatic carboxylic acids is 1. The van der Waals surface area contributed by atoms with Crippen molar-refractivity contribution < 1.29 is 19.1 Å². The van der Waals surface area contributed by atoms with Gasteiger partial charge in [0.2, 0.25) is 0 Å². The molecule has 0 radical (unpaired) electrons. The molecule has 1 aromatic heterocycles. The number of nitrogens with one attached hydrogen (secondary N) is 1. The zero-order chi connectivity index (χ0) is 11.6. The molecule has 5 nitrogen and oxygen atoms in total. The fourth-order valence-corrected chi connectivity index (χ4v) is 1.63. The van der Waals surface area contributed by atoms with E-state index in [0.29, 0.717) is 12.3 Å². The highest BCUT2D eigenvalue weighted by atomic mass is 16.5. The van der Waals surface area contributed by atoms with Crippen LogP contribution in [-0.2, 0) is 11.3 Å². The molecule has 1 fully saturated rings. The molecule has 1 aliphatic heterocycles. The predicted octanol–water partition coefficient (Wildman–Crippen LogP) is 1.10. The second kappa shape index (κ2) is 4.27. The molecule has 2 heterocycles. The normalized spacial score (nSPS) is 18.1. The van der Waals surface area contributed by atoms with Crippen LogP contribution in [0.2, 0.25) is 0 Å². The van der Waals surface area contributed by atoms with Gasteiger partial charge in [-0.25, -0.2) is 4.79 Å². The van der Waals surface area contributed by atoms with E-state index in [1.54, 1.807) is 0 Å². The molecule has 0 saturated carbocycles. The van der Waals surface area contributed by atoms with E-state index in [-0.39, 0.29) is 11.0 Å². The highest BCUT2D eigenvalue weighted by Crippen LogP contribution is 2.25. The zero-order valence-corrected chi connectivity index (χ0v) is 9.16. The Bertz CT molecular complexity index is 381. The van der Waals surface area contributed by atoms with Gasteiger partial charge >= 0.3 is 5.97 Å². The van der Waals surface area contributed by atoms with Gasteiger partial charge in [0.1, 0.15) is 12.0 Å². The number of furan rings is 1. The number of ether oxygens (including phenoxy) is 1. The van der Waals surface area contributed by atoms with E-state index < -0.39 is 5.97 Å². The van der Waals surface area contributed by atoms with E-state index in [4.69, 9.17) is 14.3 Å². The molecule has 0 bridgehead atoms. The lowest BCUT2D eigenvalue weighted by molar-refractivity contribution is -0.0992. The third-order valence-electron chi connectivity index (χ3n) is 2.65. The Morgan fingerprint density at radius 1 is 1.62 bits per heavy atom. The molecule has 0 atom stereocenters. The van der Waals surface area contributed by atoms with Gasteiger partial charge in [0.05, 0.1) is 25.3 Å². The van der Waals surface area contributed by atoms with E-state index in [1.165, 1.54) is 12.3 Å². The summed E-state index contributed by atoms with van der Waals surface area (Å²) in [5.74, 6) is -0.324. The third kappa shape index (κ3) is 2.43.